The minimum Gasteiger partial charge on any atom is -0.377 e. The lowest BCUT2D eigenvalue weighted by Gasteiger charge is -2.43. The Morgan fingerprint density at radius 3 is 2.83 bits per heavy atom. The van der Waals surface area contributed by atoms with Crippen molar-refractivity contribution in [2.45, 2.75) is 38.3 Å². The van der Waals surface area contributed by atoms with Gasteiger partial charge < -0.3 is 19.7 Å². The van der Waals surface area contributed by atoms with Gasteiger partial charge in [-0.15, -0.1) is 0 Å². The molecule has 2 aliphatic rings. The van der Waals surface area contributed by atoms with Gasteiger partial charge in [0.15, 0.2) is 0 Å². The number of nitrogens with one attached hydrogen (secondary N) is 1. The van der Waals surface area contributed by atoms with E-state index in [2.05, 4.69) is 21.3 Å². The van der Waals surface area contributed by atoms with Crippen LogP contribution in [0, 0.1) is 6.92 Å². The molecule has 2 unspecified atom stereocenters. The first-order valence-corrected chi connectivity index (χ1v) is 11.9. The number of fused-ring (bicyclic) bond motifs is 3. The van der Waals surface area contributed by atoms with E-state index in [0.717, 1.165) is 54.0 Å². The van der Waals surface area contributed by atoms with Crippen LogP contribution >= 0.6 is 0 Å². The van der Waals surface area contributed by atoms with Crippen LogP contribution in [0.2, 0.25) is 0 Å². The molecule has 0 saturated carbocycles. The van der Waals surface area contributed by atoms with Crippen molar-refractivity contribution in [3.05, 3.63) is 71.3 Å². The number of nitrogens with zero attached hydrogens (tertiary/aromatic N) is 3. The van der Waals surface area contributed by atoms with Gasteiger partial charge in [-0.25, -0.2) is 0 Å². The maximum atomic E-state index is 13.7. The molecule has 9 heteroatoms. The Bertz CT molecular complexity index is 1290. The molecular formula is C27H28F2N4O3. The second kappa shape index (κ2) is 9.55. The summed E-state index contributed by atoms with van der Waals surface area (Å²) in [5.41, 5.74) is 5.03. The van der Waals surface area contributed by atoms with E-state index in [1.54, 1.807) is 13.2 Å². The first-order valence-electron chi connectivity index (χ1n) is 11.9. The average Bonchev–Trinajstić information content (AvgIpc) is 2.88. The van der Waals surface area contributed by atoms with E-state index in [1.807, 2.05) is 25.3 Å². The van der Waals surface area contributed by atoms with Crippen molar-refractivity contribution >= 4 is 17.3 Å². The lowest BCUT2D eigenvalue weighted by atomic mass is 9.93. The predicted octanol–water partition coefficient (Wildman–Crippen LogP) is 5.11. The molecule has 1 fully saturated rings. The highest BCUT2D eigenvalue weighted by Crippen LogP contribution is 2.41. The fourth-order valence-corrected chi connectivity index (χ4v) is 4.85. The zero-order valence-electron chi connectivity index (χ0n) is 20.4. The normalized spacial score (nSPS) is 19.4. The summed E-state index contributed by atoms with van der Waals surface area (Å²) in [6, 6.07) is 10.5. The molecule has 4 heterocycles. The number of benzene rings is 1. The quantitative estimate of drug-likeness (QED) is 0.531. The highest BCUT2D eigenvalue weighted by atomic mass is 19.3. The number of ether oxygens (including phenoxy) is 2. The number of aromatic nitrogens is 2. The highest BCUT2D eigenvalue weighted by Gasteiger charge is 2.36. The molecule has 2 atom stereocenters. The van der Waals surface area contributed by atoms with Gasteiger partial charge >= 0.3 is 0 Å². The number of aryl methyl sites for hydroxylation is 1. The summed E-state index contributed by atoms with van der Waals surface area (Å²) in [5.74, 6) is -3.62. The summed E-state index contributed by atoms with van der Waals surface area (Å²) < 4.78 is 38.7. The molecule has 5 rings (SSSR count). The van der Waals surface area contributed by atoms with Crippen molar-refractivity contribution < 1.29 is 23.0 Å². The fraction of sp³-hybridized carbons (Fsp3) is 0.370. The third kappa shape index (κ3) is 4.68. The molecule has 36 heavy (non-hydrogen) atoms. The highest BCUT2D eigenvalue weighted by molar-refractivity contribution is 6.04. The molecule has 3 aromatic rings. The number of hydrogen-bond donors (Lipinski definition) is 1. The maximum absolute atomic E-state index is 13.7. The van der Waals surface area contributed by atoms with E-state index in [0.29, 0.717) is 18.9 Å². The number of amides is 1. The van der Waals surface area contributed by atoms with Gasteiger partial charge in [-0.05, 0) is 48.4 Å². The molecule has 1 aromatic carbocycles. The second-order valence-corrected chi connectivity index (χ2v) is 9.31. The van der Waals surface area contributed by atoms with Gasteiger partial charge in [-0.3, -0.25) is 14.8 Å². The number of morpholine rings is 1. The predicted molar refractivity (Wildman–Crippen MR) is 132 cm³/mol. The third-order valence-electron chi connectivity index (χ3n) is 6.79. The fourth-order valence-electron chi connectivity index (χ4n) is 4.85. The standard InChI is InChI=1S/C27H28F2N4O3/c1-16-4-5-19(32-26(34)17-6-7-30-24(11-17)27(2,28)29)12-21(16)18-10-22-25(31-14-18)23(35-3)13-20-15-36-9-8-33(20)22/h4-7,10-12,14,20,23H,8-9,13,15H2,1-3H3,(H,32,34). The van der Waals surface area contributed by atoms with Crippen molar-refractivity contribution in [1.29, 1.82) is 0 Å². The summed E-state index contributed by atoms with van der Waals surface area (Å²) in [5, 5.41) is 2.82. The molecule has 0 aliphatic carbocycles. The first-order chi connectivity index (χ1) is 17.2. The van der Waals surface area contributed by atoms with E-state index < -0.39 is 17.5 Å². The van der Waals surface area contributed by atoms with Crippen LogP contribution < -0.4 is 10.2 Å². The molecule has 1 N–H and O–H groups in total. The largest absolute Gasteiger partial charge is 0.377 e. The summed E-state index contributed by atoms with van der Waals surface area (Å²) in [6.45, 7) is 4.86. The number of halogens is 2. The third-order valence-corrected chi connectivity index (χ3v) is 6.79. The molecule has 7 nitrogen and oxygen atoms in total. The molecule has 2 aromatic heterocycles. The second-order valence-electron chi connectivity index (χ2n) is 9.31. The van der Waals surface area contributed by atoms with Crippen LogP contribution in [-0.4, -0.2) is 48.8 Å². The van der Waals surface area contributed by atoms with Crippen LogP contribution in [0.1, 0.15) is 46.8 Å². The number of anilines is 2. The molecule has 0 spiro atoms. The lowest BCUT2D eigenvalue weighted by Crippen LogP contribution is -2.49. The van der Waals surface area contributed by atoms with E-state index >= 15 is 0 Å². The van der Waals surface area contributed by atoms with Crippen molar-refractivity contribution in [1.82, 2.24) is 9.97 Å². The van der Waals surface area contributed by atoms with Gasteiger partial charge in [-0.1, -0.05) is 6.07 Å². The SMILES string of the molecule is COC1CC2COCCN2c2cc(-c3cc(NC(=O)c4ccnc(C(C)(F)F)c4)ccc3C)cnc21. The van der Waals surface area contributed by atoms with Gasteiger partial charge in [0.2, 0.25) is 0 Å². The van der Waals surface area contributed by atoms with E-state index in [4.69, 9.17) is 14.5 Å². The van der Waals surface area contributed by atoms with Crippen LogP contribution in [0.3, 0.4) is 0 Å². The number of hydrogen-bond acceptors (Lipinski definition) is 6. The minimum absolute atomic E-state index is 0.0931. The molecular weight excluding hydrogens is 466 g/mol. The summed E-state index contributed by atoms with van der Waals surface area (Å²) in [4.78, 5) is 23.6. The smallest absolute Gasteiger partial charge is 0.286 e. The molecule has 2 aliphatic heterocycles. The lowest BCUT2D eigenvalue weighted by molar-refractivity contribution is 0.0127. The van der Waals surface area contributed by atoms with Crippen LogP contribution in [-0.2, 0) is 15.4 Å². The number of methoxy groups -OCH3 is 1. The van der Waals surface area contributed by atoms with Gasteiger partial charge in [0.25, 0.3) is 11.8 Å². The van der Waals surface area contributed by atoms with Crippen molar-refractivity contribution in [3.8, 4) is 11.1 Å². The number of pyridine rings is 2. The zero-order valence-corrected chi connectivity index (χ0v) is 20.4. The van der Waals surface area contributed by atoms with Gasteiger partial charge in [0.05, 0.1) is 30.6 Å². The monoisotopic (exact) mass is 494 g/mol. The Kier molecular flexibility index (Phi) is 6.44. The Balaban J connectivity index is 1.45. The number of carbonyl (C=O) groups excluding carboxylic acids is 1. The summed E-state index contributed by atoms with van der Waals surface area (Å²) in [7, 11) is 1.70. The average molecular weight is 495 g/mol. The van der Waals surface area contributed by atoms with E-state index in [-0.39, 0.29) is 17.7 Å². The Morgan fingerprint density at radius 1 is 1.22 bits per heavy atom. The Labute approximate surface area is 208 Å². The number of alkyl halides is 2. The van der Waals surface area contributed by atoms with Crippen molar-refractivity contribution in [2.75, 3.05) is 37.1 Å². The Morgan fingerprint density at radius 2 is 2.06 bits per heavy atom. The van der Waals surface area contributed by atoms with Crippen LogP contribution in [0.15, 0.2) is 48.8 Å². The zero-order chi connectivity index (χ0) is 25.4. The number of rotatable bonds is 5. The van der Waals surface area contributed by atoms with Crippen molar-refractivity contribution in [3.63, 3.8) is 0 Å². The van der Waals surface area contributed by atoms with Crippen LogP contribution in [0.25, 0.3) is 11.1 Å². The van der Waals surface area contributed by atoms with Crippen LogP contribution in [0.4, 0.5) is 20.2 Å². The van der Waals surface area contributed by atoms with Crippen LogP contribution in [0.5, 0.6) is 0 Å². The van der Waals surface area contributed by atoms with E-state index in [1.165, 1.54) is 12.3 Å². The van der Waals surface area contributed by atoms with Crippen molar-refractivity contribution in [2.24, 2.45) is 0 Å². The summed E-state index contributed by atoms with van der Waals surface area (Å²) >= 11 is 0. The summed E-state index contributed by atoms with van der Waals surface area (Å²) in [6.07, 6.45) is 3.78. The molecule has 1 amide bonds. The minimum atomic E-state index is -3.13. The number of carbonyl (C=O) groups is 1. The maximum Gasteiger partial charge on any atom is 0.286 e. The topological polar surface area (TPSA) is 76.6 Å². The van der Waals surface area contributed by atoms with Gasteiger partial charge in [0.1, 0.15) is 11.8 Å². The molecule has 1 saturated heterocycles. The first kappa shape index (κ1) is 24.3. The van der Waals surface area contributed by atoms with Gasteiger partial charge in [-0.2, -0.15) is 8.78 Å². The molecule has 188 valence electrons. The van der Waals surface area contributed by atoms with Gasteiger partial charge in [0, 0.05) is 56.2 Å². The Hall–Kier alpha value is -3.43. The van der Waals surface area contributed by atoms with E-state index in [9.17, 15) is 13.6 Å². The molecule has 0 radical (unpaired) electrons. The molecule has 0 bridgehead atoms.